The number of benzene rings is 1. The second-order valence-corrected chi connectivity index (χ2v) is 5.05. The van der Waals surface area contributed by atoms with Gasteiger partial charge in [0.05, 0.1) is 11.1 Å². The number of fused-ring (bicyclic) bond motifs is 1. The summed E-state index contributed by atoms with van der Waals surface area (Å²) >= 11 is 0. The molecule has 1 aromatic carbocycles. The zero-order valence-corrected chi connectivity index (χ0v) is 11.0. The molecule has 0 unspecified atom stereocenters. The molecule has 2 heterocycles. The van der Waals surface area contributed by atoms with Gasteiger partial charge in [0.2, 0.25) is 0 Å². The molecule has 19 heavy (non-hydrogen) atoms. The van der Waals surface area contributed by atoms with E-state index < -0.39 is 0 Å². The lowest BCUT2D eigenvalue weighted by Crippen LogP contribution is -2.33. The molecule has 1 saturated heterocycles. The Bertz CT molecular complexity index is 570. The van der Waals surface area contributed by atoms with Gasteiger partial charge in [-0.05, 0) is 38.1 Å². The average molecular weight is 257 g/mol. The molecule has 0 radical (unpaired) electrons. The molecule has 1 fully saturated rings. The SMILES string of the molecule is O=C(NCCN1CCCC1)c1cccc2cc[nH]c12. The second-order valence-electron chi connectivity index (χ2n) is 5.05. The molecule has 1 aliphatic heterocycles. The van der Waals surface area contributed by atoms with Crippen molar-refractivity contribution < 1.29 is 4.79 Å². The first-order valence-electron chi connectivity index (χ1n) is 6.91. The lowest BCUT2D eigenvalue weighted by molar-refractivity contribution is 0.0951. The van der Waals surface area contributed by atoms with E-state index in [1.54, 1.807) is 0 Å². The fourth-order valence-corrected chi connectivity index (χ4v) is 2.70. The number of likely N-dealkylation sites (tertiary alicyclic amines) is 1. The van der Waals surface area contributed by atoms with Crippen LogP contribution in [0.4, 0.5) is 0 Å². The normalized spacial score (nSPS) is 16.0. The Labute approximate surface area is 112 Å². The molecule has 4 heteroatoms. The van der Waals surface area contributed by atoms with Crippen molar-refractivity contribution in [3.63, 3.8) is 0 Å². The Morgan fingerprint density at radius 3 is 2.95 bits per heavy atom. The molecule has 0 saturated carbocycles. The van der Waals surface area contributed by atoms with Crippen LogP contribution < -0.4 is 5.32 Å². The summed E-state index contributed by atoms with van der Waals surface area (Å²) in [6.45, 7) is 4.01. The molecular weight excluding hydrogens is 238 g/mol. The van der Waals surface area contributed by atoms with Crippen LogP contribution in [0.2, 0.25) is 0 Å². The van der Waals surface area contributed by atoms with Crippen molar-refractivity contribution in [3.8, 4) is 0 Å². The molecule has 0 bridgehead atoms. The van der Waals surface area contributed by atoms with E-state index in [4.69, 9.17) is 0 Å². The number of H-pyrrole nitrogens is 1. The van der Waals surface area contributed by atoms with Crippen molar-refractivity contribution >= 4 is 16.8 Å². The Morgan fingerprint density at radius 2 is 2.11 bits per heavy atom. The summed E-state index contributed by atoms with van der Waals surface area (Å²) in [4.78, 5) is 17.7. The highest BCUT2D eigenvalue weighted by atomic mass is 16.1. The van der Waals surface area contributed by atoms with Crippen molar-refractivity contribution in [1.82, 2.24) is 15.2 Å². The summed E-state index contributed by atoms with van der Waals surface area (Å²) < 4.78 is 0. The molecule has 2 aromatic rings. The van der Waals surface area contributed by atoms with Crippen LogP contribution in [0, 0.1) is 0 Å². The number of carbonyl (C=O) groups excluding carboxylic acids is 1. The molecule has 4 nitrogen and oxygen atoms in total. The number of hydrogen-bond donors (Lipinski definition) is 2. The number of nitrogens with zero attached hydrogens (tertiary/aromatic N) is 1. The maximum atomic E-state index is 12.2. The minimum absolute atomic E-state index is 0.00671. The molecule has 0 atom stereocenters. The van der Waals surface area contributed by atoms with Crippen molar-refractivity contribution in [2.45, 2.75) is 12.8 Å². The fourth-order valence-electron chi connectivity index (χ4n) is 2.70. The number of nitrogens with one attached hydrogen (secondary N) is 2. The van der Waals surface area contributed by atoms with E-state index in [0.717, 1.165) is 29.6 Å². The number of amides is 1. The second kappa shape index (κ2) is 5.45. The Hall–Kier alpha value is -1.81. The van der Waals surface area contributed by atoms with Gasteiger partial charge in [-0.3, -0.25) is 4.79 Å². The minimum Gasteiger partial charge on any atom is -0.361 e. The minimum atomic E-state index is 0.00671. The van der Waals surface area contributed by atoms with Crippen LogP contribution in [0.25, 0.3) is 10.9 Å². The number of hydrogen-bond acceptors (Lipinski definition) is 2. The van der Waals surface area contributed by atoms with E-state index in [-0.39, 0.29) is 5.91 Å². The quantitative estimate of drug-likeness (QED) is 0.880. The summed E-state index contributed by atoms with van der Waals surface area (Å²) in [5, 5.41) is 4.08. The van der Waals surface area contributed by atoms with Gasteiger partial charge in [0, 0.05) is 24.7 Å². The van der Waals surface area contributed by atoms with Gasteiger partial charge >= 0.3 is 0 Å². The van der Waals surface area contributed by atoms with Gasteiger partial charge in [-0.15, -0.1) is 0 Å². The maximum absolute atomic E-state index is 12.2. The van der Waals surface area contributed by atoms with Crippen LogP contribution in [-0.4, -0.2) is 42.0 Å². The van der Waals surface area contributed by atoms with Crippen LogP contribution in [0.15, 0.2) is 30.5 Å². The first kappa shape index (κ1) is 12.2. The standard InChI is InChI=1S/C15H19N3O/c19-15(17-8-11-18-9-1-2-10-18)13-5-3-4-12-6-7-16-14(12)13/h3-7,16H,1-2,8-11H2,(H,17,19). The van der Waals surface area contributed by atoms with E-state index in [1.807, 2.05) is 30.5 Å². The van der Waals surface area contributed by atoms with Crippen molar-refractivity contribution in [2.24, 2.45) is 0 Å². The number of carbonyl (C=O) groups is 1. The van der Waals surface area contributed by atoms with Crippen molar-refractivity contribution in [1.29, 1.82) is 0 Å². The molecule has 3 rings (SSSR count). The van der Waals surface area contributed by atoms with E-state index in [2.05, 4.69) is 15.2 Å². The van der Waals surface area contributed by atoms with Gasteiger partial charge in [0.25, 0.3) is 5.91 Å². The zero-order valence-electron chi connectivity index (χ0n) is 11.0. The van der Waals surface area contributed by atoms with Crippen LogP contribution >= 0.6 is 0 Å². The Kier molecular flexibility index (Phi) is 3.51. The molecule has 100 valence electrons. The van der Waals surface area contributed by atoms with Crippen LogP contribution in [-0.2, 0) is 0 Å². The predicted molar refractivity (Wildman–Crippen MR) is 76.3 cm³/mol. The van der Waals surface area contributed by atoms with Crippen LogP contribution in [0.5, 0.6) is 0 Å². The van der Waals surface area contributed by atoms with Gasteiger partial charge in [-0.1, -0.05) is 12.1 Å². The zero-order chi connectivity index (χ0) is 13.1. The molecule has 0 aliphatic carbocycles. The van der Waals surface area contributed by atoms with Gasteiger partial charge in [0.1, 0.15) is 0 Å². The van der Waals surface area contributed by atoms with Crippen LogP contribution in [0.3, 0.4) is 0 Å². The lowest BCUT2D eigenvalue weighted by Gasteiger charge is -2.14. The van der Waals surface area contributed by atoms with Crippen LogP contribution in [0.1, 0.15) is 23.2 Å². The topological polar surface area (TPSA) is 48.1 Å². The predicted octanol–water partition coefficient (Wildman–Crippen LogP) is 1.99. The highest BCUT2D eigenvalue weighted by Crippen LogP contribution is 2.16. The largest absolute Gasteiger partial charge is 0.361 e. The van der Waals surface area contributed by atoms with Gasteiger partial charge in [-0.25, -0.2) is 0 Å². The summed E-state index contributed by atoms with van der Waals surface area (Å²) in [6, 6.07) is 7.78. The van der Waals surface area contributed by atoms with Crippen molar-refractivity contribution in [2.75, 3.05) is 26.2 Å². The Morgan fingerprint density at radius 1 is 1.26 bits per heavy atom. The third kappa shape index (κ3) is 2.63. The van der Waals surface area contributed by atoms with E-state index in [0.29, 0.717) is 0 Å². The molecule has 2 N–H and O–H groups in total. The lowest BCUT2D eigenvalue weighted by atomic mass is 10.1. The molecule has 0 spiro atoms. The van der Waals surface area contributed by atoms with Crippen molar-refractivity contribution in [3.05, 3.63) is 36.0 Å². The molecule has 1 amide bonds. The third-order valence-corrected chi connectivity index (χ3v) is 3.74. The fraction of sp³-hybridized carbons (Fsp3) is 0.400. The first-order valence-corrected chi connectivity index (χ1v) is 6.91. The first-order chi connectivity index (χ1) is 9.34. The summed E-state index contributed by atoms with van der Waals surface area (Å²) in [6.07, 6.45) is 4.44. The van der Waals surface area contributed by atoms with Gasteiger partial charge in [0.15, 0.2) is 0 Å². The number of aromatic amines is 1. The van der Waals surface area contributed by atoms with Gasteiger partial charge in [-0.2, -0.15) is 0 Å². The Balaban J connectivity index is 1.62. The highest BCUT2D eigenvalue weighted by Gasteiger charge is 2.13. The van der Waals surface area contributed by atoms with E-state index in [1.165, 1.54) is 25.9 Å². The average Bonchev–Trinajstić information content (AvgIpc) is 3.08. The number of para-hydroxylation sites is 1. The van der Waals surface area contributed by atoms with E-state index in [9.17, 15) is 4.79 Å². The maximum Gasteiger partial charge on any atom is 0.253 e. The third-order valence-electron chi connectivity index (χ3n) is 3.74. The summed E-state index contributed by atoms with van der Waals surface area (Å²) in [5.41, 5.74) is 1.64. The highest BCUT2D eigenvalue weighted by molar-refractivity contribution is 6.05. The number of aromatic nitrogens is 1. The molecule has 1 aromatic heterocycles. The summed E-state index contributed by atoms with van der Waals surface area (Å²) in [5.74, 6) is 0.00671. The molecular formula is C15H19N3O. The summed E-state index contributed by atoms with van der Waals surface area (Å²) in [7, 11) is 0. The number of rotatable bonds is 4. The molecule has 1 aliphatic rings. The van der Waals surface area contributed by atoms with E-state index >= 15 is 0 Å². The smallest absolute Gasteiger partial charge is 0.253 e. The van der Waals surface area contributed by atoms with Gasteiger partial charge < -0.3 is 15.2 Å². The monoisotopic (exact) mass is 257 g/mol.